The highest BCUT2D eigenvalue weighted by Crippen LogP contribution is 2.26. The van der Waals surface area contributed by atoms with Crippen LogP contribution in [0.25, 0.3) is 0 Å². The van der Waals surface area contributed by atoms with Crippen LogP contribution in [0.3, 0.4) is 0 Å². The molecule has 0 aromatic carbocycles. The molecule has 0 unspecified atom stereocenters. The number of rotatable bonds is 5. The number of aromatic nitrogens is 3. The van der Waals surface area contributed by atoms with Crippen molar-refractivity contribution in [3.05, 3.63) is 28.2 Å². The fourth-order valence-electron chi connectivity index (χ4n) is 3.01. The van der Waals surface area contributed by atoms with Gasteiger partial charge in [0.05, 0.1) is 11.4 Å². The summed E-state index contributed by atoms with van der Waals surface area (Å²) in [6, 6.07) is 3.61. The summed E-state index contributed by atoms with van der Waals surface area (Å²) in [7, 11) is 5.48. The van der Waals surface area contributed by atoms with E-state index in [-0.39, 0.29) is 24.3 Å². The summed E-state index contributed by atoms with van der Waals surface area (Å²) < 4.78 is 0. The number of likely N-dealkylation sites (tertiary alicyclic amines) is 1. The number of piperidine rings is 1. The lowest BCUT2D eigenvalue weighted by molar-refractivity contribution is -0.132. The molecular weight excluding hydrogens is 352 g/mol. The molecule has 0 radical (unpaired) electrons. The van der Waals surface area contributed by atoms with Crippen molar-refractivity contribution in [2.75, 3.05) is 45.7 Å². The normalized spacial score (nSPS) is 15.1. The number of anilines is 1. The molecule has 8 nitrogen and oxygen atoms in total. The van der Waals surface area contributed by atoms with Gasteiger partial charge in [0, 0.05) is 40.2 Å². The summed E-state index contributed by atoms with van der Waals surface area (Å²) >= 11 is 1.39. The van der Waals surface area contributed by atoms with Crippen LogP contribution >= 0.6 is 11.3 Å². The van der Waals surface area contributed by atoms with Crippen LogP contribution in [0.15, 0.2) is 17.5 Å². The van der Waals surface area contributed by atoms with Crippen molar-refractivity contribution in [1.29, 1.82) is 0 Å². The summed E-state index contributed by atoms with van der Waals surface area (Å²) in [6.07, 6.45) is 1.69. The molecule has 2 aromatic heterocycles. The molecule has 0 aliphatic carbocycles. The number of likely N-dealkylation sites (N-methyl/N-ethyl adjacent to an activating group) is 1. The monoisotopic (exact) mass is 376 g/mol. The highest BCUT2D eigenvalue weighted by atomic mass is 32.1. The molecular formula is C17H24N6O2S. The number of amides is 2. The molecule has 2 amide bonds. The van der Waals surface area contributed by atoms with Crippen LogP contribution in [-0.2, 0) is 4.79 Å². The maximum Gasteiger partial charge on any atom is 0.264 e. The molecule has 1 saturated heterocycles. The van der Waals surface area contributed by atoms with Crippen molar-refractivity contribution in [3.63, 3.8) is 0 Å². The standard InChI is InChI=1S/C17H24N6O2S/c1-21(2)17-18-15(19-20-17)12-6-8-23(9-7-12)14(24)11-22(3)16(25)13-5-4-10-26-13/h4-5,10,12H,6-9,11H2,1-3H3,(H,18,19,20). The number of H-pyrrole nitrogens is 1. The summed E-state index contributed by atoms with van der Waals surface area (Å²) in [6.45, 7) is 1.44. The zero-order valence-electron chi connectivity index (χ0n) is 15.3. The first-order valence-electron chi connectivity index (χ1n) is 8.62. The molecule has 1 aliphatic rings. The molecule has 1 fully saturated rings. The number of nitrogens with zero attached hydrogens (tertiary/aromatic N) is 5. The number of thiophene rings is 1. The number of carbonyl (C=O) groups excluding carboxylic acids is 2. The van der Waals surface area contributed by atoms with Crippen LogP contribution in [0.1, 0.15) is 34.3 Å². The van der Waals surface area contributed by atoms with Gasteiger partial charge >= 0.3 is 0 Å². The number of carbonyl (C=O) groups is 2. The lowest BCUT2D eigenvalue weighted by Gasteiger charge is -2.32. The molecule has 26 heavy (non-hydrogen) atoms. The summed E-state index contributed by atoms with van der Waals surface area (Å²) in [5, 5.41) is 9.06. The number of hydrogen-bond acceptors (Lipinski definition) is 6. The minimum atomic E-state index is -0.110. The van der Waals surface area contributed by atoms with E-state index in [2.05, 4.69) is 15.2 Å². The molecule has 0 saturated carbocycles. The van der Waals surface area contributed by atoms with Gasteiger partial charge in [0.1, 0.15) is 5.82 Å². The van der Waals surface area contributed by atoms with E-state index in [9.17, 15) is 9.59 Å². The Morgan fingerprint density at radius 2 is 2.04 bits per heavy atom. The highest BCUT2D eigenvalue weighted by molar-refractivity contribution is 7.12. The topological polar surface area (TPSA) is 85.4 Å². The van der Waals surface area contributed by atoms with Crippen molar-refractivity contribution in [2.45, 2.75) is 18.8 Å². The van der Waals surface area contributed by atoms with Gasteiger partial charge in [-0.3, -0.25) is 14.7 Å². The first-order valence-corrected chi connectivity index (χ1v) is 9.50. The van der Waals surface area contributed by atoms with Gasteiger partial charge in [0.2, 0.25) is 11.9 Å². The number of aromatic amines is 1. The summed E-state index contributed by atoms with van der Waals surface area (Å²) in [5.41, 5.74) is 0. The third-order valence-electron chi connectivity index (χ3n) is 4.58. The van der Waals surface area contributed by atoms with E-state index < -0.39 is 0 Å². The van der Waals surface area contributed by atoms with Crippen LogP contribution < -0.4 is 4.90 Å². The number of nitrogens with one attached hydrogen (secondary N) is 1. The average molecular weight is 376 g/mol. The minimum Gasteiger partial charge on any atom is -0.346 e. The molecule has 1 N–H and O–H groups in total. The predicted octanol–water partition coefficient (Wildman–Crippen LogP) is 1.41. The molecule has 3 heterocycles. The van der Waals surface area contributed by atoms with E-state index in [0.29, 0.717) is 23.9 Å². The van der Waals surface area contributed by atoms with Crippen LogP contribution in [0.2, 0.25) is 0 Å². The van der Waals surface area contributed by atoms with Crippen molar-refractivity contribution < 1.29 is 9.59 Å². The second-order valence-corrected chi connectivity index (χ2v) is 7.66. The second kappa shape index (κ2) is 7.86. The summed E-state index contributed by atoms with van der Waals surface area (Å²) in [5.74, 6) is 1.72. The van der Waals surface area contributed by atoms with Gasteiger partial charge in [0.25, 0.3) is 5.91 Å². The van der Waals surface area contributed by atoms with E-state index in [4.69, 9.17) is 0 Å². The SMILES string of the molecule is CN(CC(=O)N1CCC(c2nc(N(C)C)n[nH]2)CC1)C(=O)c1cccs1. The van der Waals surface area contributed by atoms with Crippen molar-refractivity contribution in [1.82, 2.24) is 25.0 Å². The summed E-state index contributed by atoms with van der Waals surface area (Å²) in [4.78, 5) is 35.1. The van der Waals surface area contributed by atoms with E-state index in [0.717, 1.165) is 18.7 Å². The van der Waals surface area contributed by atoms with E-state index in [1.807, 2.05) is 35.3 Å². The Morgan fingerprint density at radius 3 is 2.62 bits per heavy atom. The average Bonchev–Trinajstić information content (AvgIpc) is 3.33. The smallest absolute Gasteiger partial charge is 0.264 e. The quantitative estimate of drug-likeness (QED) is 0.853. The Kier molecular flexibility index (Phi) is 5.55. The molecule has 1 aliphatic heterocycles. The Balaban J connectivity index is 1.51. The van der Waals surface area contributed by atoms with Crippen LogP contribution in [-0.4, -0.2) is 77.6 Å². The van der Waals surface area contributed by atoms with E-state index in [1.54, 1.807) is 13.1 Å². The molecule has 0 bridgehead atoms. The largest absolute Gasteiger partial charge is 0.346 e. The Labute approximate surface area is 156 Å². The molecule has 9 heteroatoms. The fraction of sp³-hybridized carbons (Fsp3) is 0.529. The lowest BCUT2D eigenvalue weighted by atomic mass is 9.96. The zero-order valence-corrected chi connectivity index (χ0v) is 16.1. The minimum absolute atomic E-state index is 0.0117. The van der Waals surface area contributed by atoms with E-state index in [1.165, 1.54) is 16.2 Å². The number of hydrogen-bond donors (Lipinski definition) is 1. The van der Waals surface area contributed by atoms with Crippen LogP contribution in [0, 0.1) is 0 Å². The van der Waals surface area contributed by atoms with Gasteiger partial charge in [-0.05, 0) is 24.3 Å². The molecule has 2 aromatic rings. The molecule has 0 atom stereocenters. The first-order chi connectivity index (χ1) is 12.5. The predicted molar refractivity (Wildman–Crippen MR) is 101 cm³/mol. The molecule has 3 rings (SSSR count). The van der Waals surface area contributed by atoms with Crippen molar-refractivity contribution in [3.8, 4) is 0 Å². The van der Waals surface area contributed by atoms with Crippen LogP contribution in [0.5, 0.6) is 0 Å². The van der Waals surface area contributed by atoms with Crippen LogP contribution in [0.4, 0.5) is 5.95 Å². The Morgan fingerprint density at radius 1 is 1.31 bits per heavy atom. The fourth-order valence-corrected chi connectivity index (χ4v) is 3.73. The van der Waals surface area contributed by atoms with Gasteiger partial charge in [-0.15, -0.1) is 16.4 Å². The van der Waals surface area contributed by atoms with Gasteiger partial charge in [-0.25, -0.2) is 0 Å². The van der Waals surface area contributed by atoms with E-state index >= 15 is 0 Å². The van der Waals surface area contributed by atoms with Crippen molar-refractivity contribution >= 4 is 29.1 Å². The highest BCUT2D eigenvalue weighted by Gasteiger charge is 2.27. The zero-order chi connectivity index (χ0) is 18.7. The molecule has 140 valence electrons. The molecule has 0 spiro atoms. The maximum absolute atomic E-state index is 12.5. The Hall–Kier alpha value is -2.42. The van der Waals surface area contributed by atoms with Gasteiger partial charge in [-0.1, -0.05) is 6.07 Å². The first kappa shape index (κ1) is 18.4. The third-order valence-corrected chi connectivity index (χ3v) is 5.43. The van der Waals surface area contributed by atoms with Gasteiger partial charge in [0.15, 0.2) is 0 Å². The maximum atomic E-state index is 12.5. The van der Waals surface area contributed by atoms with Crippen molar-refractivity contribution in [2.24, 2.45) is 0 Å². The third kappa shape index (κ3) is 4.04. The lowest BCUT2D eigenvalue weighted by Crippen LogP contribution is -2.44. The Bertz CT molecular complexity index is 749. The van der Waals surface area contributed by atoms with Gasteiger partial charge < -0.3 is 14.7 Å². The van der Waals surface area contributed by atoms with Gasteiger partial charge in [-0.2, -0.15) is 4.98 Å². The second-order valence-electron chi connectivity index (χ2n) is 6.71.